The van der Waals surface area contributed by atoms with E-state index in [1.54, 1.807) is 0 Å². The van der Waals surface area contributed by atoms with Crippen LogP contribution in [-0.4, -0.2) is 18.1 Å². The molecule has 0 saturated heterocycles. The van der Waals surface area contributed by atoms with E-state index in [-0.39, 0.29) is 6.04 Å². The Hall–Kier alpha value is -0.470. The molecule has 90 valence electrons. The van der Waals surface area contributed by atoms with E-state index < -0.39 is 0 Å². The molecule has 0 spiro atoms. The molecule has 0 bridgehead atoms. The molecule has 0 amide bonds. The quantitative estimate of drug-likeness (QED) is 0.737. The lowest BCUT2D eigenvalue weighted by atomic mass is 10.0. The third kappa shape index (κ3) is 5.57. The van der Waals surface area contributed by atoms with Gasteiger partial charge in [-0.15, -0.1) is 0 Å². The van der Waals surface area contributed by atoms with Crippen LogP contribution in [-0.2, 0) is 12.8 Å². The molecule has 0 aromatic heterocycles. The monoisotopic (exact) mass is 237 g/mol. The van der Waals surface area contributed by atoms with Crippen molar-refractivity contribution in [1.82, 2.24) is 0 Å². The summed E-state index contributed by atoms with van der Waals surface area (Å²) in [6.07, 6.45) is 6.98. The van der Waals surface area contributed by atoms with Crippen LogP contribution in [0.2, 0.25) is 0 Å². The van der Waals surface area contributed by atoms with Crippen LogP contribution in [0, 0.1) is 0 Å². The van der Waals surface area contributed by atoms with Crippen LogP contribution >= 0.6 is 11.8 Å². The van der Waals surface area contributed by atoms with Crippen LogP contribution in [0.5, 0.6) is 0 Å². The van der Waals surface area contributed by atoms with Gasteiger partial charge in [-0.2, -0.15) is 11.8 Å². The smallest absolute Gasteiger partial charge is 0.00509 e. The van der Waals surface area contributed by atoms with Gasteiger partial charge in [0.15, 0.2) is 0 Å². The molecular weight excluding hydrogens is 214 g/mol. The first-order valence-electron chi connectivity index (χ1n) is 6.04. The van der Waals surface area contributed by atoms with Crippen LogP contribution in [0.1, 0.15) is 30.9 Å². The van der Waals surface area contributed by atoms with Crippen LogP contribution in [0.25, 0.3) is 0 Å². The predicted molar refractivity (Wildman–Crippen MR) is 75.1 cm³/mol. The molecule has 0 aliphatic rings. The van der Waals surface area contributed by atoms with Crippen molar-refractivity contribution in [2.75, 3.05) is 12.0 Å². The van der Waals surface area contributed by atoms with Gasteiger partial charge >= 0.3 is 0 Å². The Morgan fingerprint density at radius 3 is 2.31 bits per heavy atom. The molecule has 1 aromatic carbocycles. The summed E-state index contributed by atoms with van der Waals surface area (Å²) in [6.45, 7) is 2.05. The van der Waals surface area contributed by atoms with Gasteiger partial charge in [0.1, 0.15) is 0 Å². The maximum atomic E-state index is 5.77. The van der Waals surface area contributed by atoms with Gasteiger partial charge in [-0.05, 0) is 55.7 Å². The Balaban J connectivity index is 2.33. The van der Waals surface area contributed by atoms with Gasteiger partial charge in [0.25, 0.3) is 0 Å². The summed E-state index contributed by atoms with van der Waals surface area (Å²) in [5.41, 5.74) is 8.58. The van der Waals surface area contributed by atoms with Crippen molar-refractivity contribution in [2.45, 2.75) is 38.6 Å². The second-order valence-corrected chi connectivity index (χ2v) is 5.43. The molecule has 0 radical (unpaired) electrons. The highest BCUT2D eigenvalue weighted by Gasteiger charge is 1.98. The zero-order valence-corrected chi connectivity index (χ0v) is 11.2. The molecule has 16 heavy (non-hydrogen) atoms. The number of hydrogen-bond acceptors (Lipinski definition) is 2. The fraction of sp³-hybridized carbons (Fsp3) is 0.571. The van der Waals surface area contributed by atoms with Crippen molar-refractivity contribution >= 4 is 11.8 Å². The summed E-state index contributed by atoms with van der Waals surface area (Å²) in [4.78, 5) is 0. The van der Waals surface area contributed by atoms with E-state index in [4.69, 9.17) is 5.73 Å². The number of hydrogen-bond donors (Lipinski definition) is 1. The first-order valence-corrected chi connectivity index (χ1v) is 7.44. The standard InChI is InChI=1S/C14H23NS/c1-12(15)11-14-8-6-13(7-9-14)5-3-4-10-16-2/h6-9,12H,3-5,10-11,15H2,1-2H3/t12-/m1/s1. The highest BCUT2D eigenvalue weighted by molar-refractivity contribution is 7.98. The average molecular weight is 237 g/mol. The maximum Gasteiger partial charge on any atom is 0.00509 e. The molecule has 2 N–H and O–H groups in total. The number of thioether (sulfide) groups is 1. The van der Waals surface area contributed by atoms with Gasteiger partial charge in [0.2, 0.25) is 0 Å². The number of nitrogens with two attached hydrogens (primary N) is 1. The first-order chi connectivity index (χ1) is 7.72. The van der Waals surface area contributed by atoms with Crippen LogP contribution in [0.15, 0.2) is 24.3 Å². The predicted octanol–water partition coefficient (Wildman–Crippen LogP) is 3.26. The summed E-state index contributed by atoms with van der Waals surface area (Å²) in [5, 5.41) is 0. The van der Waals surface area contributed by atoms with Gasteiger partial charge in [-0.1, -0.05) is 24.3 Å². The Labute approximate surface area is 104 Å². The molecular formula is C14H23NS. The van der Waals surface area contributed by atoms with Crippen molar-refractivity contribution in [1.29, 1.82) is 0 Å². The third-order valence-corrected chi connectivity index (χ3v) is 3.34. The zero-order valence-electron chi connectivity index (χ0n) is 10.4. The molecule has 0 fully saturated rings. The molecule has 1 aromatic rings. The molecule has 1 atom stereocenters. The summed E-state index contributed by atoms with van der Waals surface area (Å²) in [5.74, 6) is 1.28. The number of benzene rings is 1. The summed E-state index contributed by atoms with van der Waals surface area (Å²) in [6, 6.07) is 9.18. The van der Waals surface area contributed by atoms with Crippen LogP contribution in [0.4, 0.5) is 0 Å². The van der Waals surface area contributed by atoms with E-state index >= 15 is 0 Å². The number of rotatable bonds is 7. The molecule has 0 unspecified atom stereocenters. The zero-order chi connectivity index (χ0) is 11.8. The number of aryl methyl sites for hydroxylation is 1. The SMILES string of the molecule is CSCCCCc1ccc(C[C@@H](C)N)cc1. The fourth-order valence-electron chi connectivity index (χ4n) is 1.79. The molecule has 1 nitrogen and oxygen atoms in total. The molecule has 0 saturated carbocycles. The first kappa shape index (κ1) is 13.6. The lowest BCUT2D eigenvalue weighted by Crippen LogP contribution is -2.17. The lowest BCUT2D eigenvalue weighted by molar-refractivity contribution is 0.737. The second kappa shape index (κ2) is 7.75. The molecule has 2 heteroatoms. The normalized spacial score (nSPS) is 12.7. The fourth-order valence-corrected chi connectivity index (χ4v) is 2.28. The largest absolute Gasteiger partial charge is 0.328 e. The topological polar surface area (TPSA) is 26.0 Å². The van der Waals surface area contributed by atoms with Gasteiger partial charge < -0.3 is 5.73 Å². The Morgan fingerprint density at radius 1 is 1.12 bits per heavy atom. The minimum absolute atomic E-state index is 0.257. The number of unbranched alkanes of at least 4 members (excludes halogenated alkanes) is 1. The molecule has 0 aliphatic heterocycles. The Morgan fingerprint density at radius 2 is 1.75 bits per heavy atom. The second-order valence-electron chi connectivity index (χ2n) is 4.45. The third-order valence-electron chi connectivity index (χ3n) is 2.64. The van der Waals surface area contributed by atoms with Gasteiger partial charge in [-0.3, -0.25) is 0 Å². The van der Waals surface area contributed by atoms with E-state index in [0.717, 1.165) is 6.42 Å². The Kier molecular flexibility index (Phi) is 6.58. The Bertz CT molecular complexity index is 279. The summed E-state index contributed by atoms with van der Waals surface area (Å²) >= 11 is 1.93. The van der Waals surface area contributed by atoms with Crippen molar-refractivity contribution in [3.63, 3.8) is 0 Å². The summed E-state index contributed by atoms with van der Waals surface area (Å²) < 4.78 is 0. The van der Waals surface area contributed by atoms with E-state index in [1.807, 2.05) is 11.8 Å². The van der Waals surface area contributed by atoms with E-state index in [2.05, 4.69) is 37.4 Å². The highest BCUT2D eigenvalue weighted by atomic mass is 32.2. The van der Waals surface area contributed by atoms with Gasteiger partial charge in [0, 0.05) is 6.04 Å². The molecule has 1 rings (SSSR count). The van der Waals surface area contributed by atoms with Gasteiger partial charge in [-0.25, -0.2) is 0 Å². The van der Waals surface area contributed by atoms with Crippen LogP contribution < -0.4 is 5.73 Å². The van der Waals surface area contributed by atoms with E-state index in [9.17, 15) is 0 Å². The summed E-state index contributed by atoms with van der Waals surface area (Å²) in [7, 11) is 0. The van der Waals surface area contributed by atoms with Crippen molar-refractivity contribution in [3.8, 4) is 0 Å². The van der Waals surface area contributed by atoms with E-state index in [0.29, 0.717) is 0 Å². The molecule has 0 heterocycles. The van der Waals surface area contributed by atoms with Crippen molar-refractivity contribution in [2.24, 2.45) is 5.73 Å². The van der Waals surface area contributed by atoms with Crippen LogP contribution in [0.3, 0.4) is 0 Å². The van der Waals surface area contributed by atoms with E-state index in [1.165, 1.54) is 36.1 Å². The highest BCUT2D eigenvalue weighted by Crippen LogP contribution is 2.10. The minimum Gasteiger partial charge on any atom is -0.328 e. The average Bonchev–Trinajstić information content (AvgIpc) is 2.26. The van der Waals surface area contributed by atoms with Crippen molar-refractivity contribution < 1.29 is 0 Å². The van der Waals surface area contributed by atoms with Crippen molar-refractivity contribution in [3.05, 3.63) is 35.4 Å². The molecule has 0 aliphatic carbocycles. The lowest BCUT2D eigenvalue weighted by Gasteiger charge is -2.06. The maximum absolute atomic E-state index is 5.77. The minimum atomic E-state index is 0.257. The van der Waals surface area contributed by atoms with Gasteiger partial charge in [0.05, 0.1) is 0 Å².